The standard InChI is InChI=1S/C21H24N4O3/c1-14-16(3-4-18-19(14)13-28-21(18)26)5-7-23-11-15(10-22)12-25-17-6-8-24-20(9-17)27-2/h3-4,6,8-10,12,23H,5,7,11,13,22H2,1-2H3. The summed E-state index contributed by atoms with van der Waals surface area (Å²) in [5.41, 5.74) is 11.4. The molecule has 28 heavy (non-hydrogen) atoms. The molecule has 2 aromatic rings. The van der Waals surface area contributed by atoms with E-state index in [-0.39, 0.29) is 5.97 Å². The number of ether oxygens (including phenoxy) is 2. The van der Waals surface area contributed by atoms with Crippen molar-refractivity contribution in [3.05, 3.63) is 64.5 Å². The van der Waals surface area contributed by atoms with Gasteiger partial charge in [-0.25, -0.2) is 9.78 Å². The number of rotatable bonds is 8. The molecule has 0 saturated carbocycles. The van der Waals surface area contributed by atoms with Crippen LogP contribution in [0.2, 0.25) is 0 Å². The van der Waals surface area contributed by atoms with Crippen LogP contribution in [-0.4, -0.2) is 37.4 Å². The van der Waals surface area contributed by atoms with Crippen molar-refractivity contribution in [2.24, 2.45) is 10.7 Å². The number of cyclic esters (lactones) is 1. The lowest BCUT2D eigenvalue weighted by Crippen LogP contribution is -2.21. The third-order valence-electron chi connectivity index (χ3n) is 4.70. The normalized spacial score (nSPS) is 13.6. The van der Waals surface area contributed by atoms with E-state index in [1.165, 1.54) is 5.56 Å². The molecule has 0 amide bonds. The Morgan fingerprint density at radius 2 is 2.29 bits per heavy atom. The van der Waals surface area contributed by atoms with Gasteiger partial charge in [-0.05, 0) is 54.9 Å². The maximum atomic E-state index is 11.6. The largest absolute Gasteiger partial charge is 0.481 e. The zero-order valence-electron chi connectivity index (χ0n) is 16.1. The van der Waals surface area contributed by atoms with Crippen molar-refractivity contribution in [3.63, 3.8) is 0 Å². The smallest absolute Gasteiger partial charge is 0.338 e. The van der Waals surface area contributed by atoms with Crippen LogP contribution >= 0.6 is 0 Å². The summed E-state index contributed by atoms with van der Waals surface area (Å²) in [6.07, 6.45) is 5.76. The molecule has 0 bridgehead atoms. The van der Waals surface area contributed by atoms with E-state index in [4.69, 9.17) is 15.2 Å². The molecule has 146 valence electrons. The Bertz CT molecular complexity index is 922. The molecule has 0 unspecified atom stereocenters. The maximum Gasteiger partial charge on any atom is 0.338 e. The number of nitrogens with two attached hydrogens (primary N) is 1. The lowest BCUT2D eigenvalue weighted by molar-refractivity contribution is 0.0535. The maximum absolute atomic E-state index is 11.6. The summed E-state index contributed by atoms with van der Waals surface area (Å²) in [7, 11) is 1.57. The summed E-state index contributed by atoms with van der Waals surface area (Å²) < 4.78 is 10.2. The topological polar surface area (TPSA) is 98.8 Å². The fourth-order valence-corrected chi connectivity index (χ4v) is 3.02. The highest BCUT2D eigenvalue weighted by Gasteiger charge is 2.23. The second-order valence-corrected chi connectivity index (χ2v) is 6.43. The molecule has 1 aliphatic heterocycles. The Hall–Kier alpha value is -3.19. The number of fused-ring (bicyclic) bond motifs is 1. The van der Waals surface area contributed by atoms with Gasteiger partial charge in [0.15, 0.2) is 0 Å². The van der Waals surface area contributed by atoms with Gasteiger partial charge in [0.05, 0.1) is 18.4 Å². The Balaban J connectivity index is 1.51. The summed E-state index contributed by atoms with van der Waals surface area (Å²) in [6.45, 7) is 3.80. The predicted octanol–water partition coefficient (Wildman–Crippen LogP) is 2.45. The zero-order chi connectivity index (χ0) is 19.9. The van der Waals surface area contributed by atoms with Gasteiger partial charge in [0, 0.05) is 30.6 Å². The molecule has 0 fully saturated rings. The number of nitrogens with one attached hydrogen (secondary N) is 1. The number of nitrogens with zero attached hydrogens (tertiary/aromatic N) is 2. The number of carbonyl (C=O) groups excluding carboxylic acids is 1. The van der Waals surface area contributed by atoms with E-state index in [1.807, 2.05) is 19.1 Å². The van der Waals surface area contributed by atoms with Crippen LogP contribution in [0.15, 0.2) is 47.2 Å². The lowest BCUT2D eigenvalue weighted by atomic mass is 9.97. The summed E-state index contributed by atoms with van der Waals surface area (Å²) in [6, 6.07) is 7.41. The minimum absolute atomic E-state index is 0.230. The summed E-state index contributed by atoms with van der Waals surface area (Å²) in [5, 5.41) is 3.37. The van der Waals surface area contributed by atoms with Crippen molar-refractivity contribution < 1.29 is 14.3 Å². The summed E-state index contributed by atoms with van der Waals surface area (Å²) in [4.78, 5) is 20.1. The molecule has 0 radical (unpaired) electrons. The number of aromatic nitrogens is 1. The molecule has 0 saturated heterocycles. The highest BCUT2D eigenvalue weighted by atomic mass is 16.5. The van der Waals surface area contributed by atoms with E-state index in [2.05, 4.69) is 15.3 Å². The quantitative estimate of drug-likeness (QED) is 0.415. The average Bonchev–Trinajstić information content (AvgIpc) is 3.10. The Morgan fingerprint density at radius 3 is 3.07 bits per heavy atom. The van der Waals surface area contributed by atoms with E-state index < -0.39 is 0 Å². The number of methoxy groups -OCH3 is 1. The van der Waals surface area contributed by atoms with Crippen molar-refractivity contribution in [2.45, 2.75) is 20.0 Å². The number of pyridine rings is 1. The van der Waals surface area contributed by atoms with Crippen LogP contribution < -0.4 is 15.8 Å². The average molecular weight is 380 g/mol. The van der Waals surface area contributed by atoms with E-state index in [0.717, 1.165) is 35.4 Å². The van der Waals surface area contributed by atoms with Gasteiger partial charge in [0.1, 0.15) is 6.61 Å². The fraction of sp³-hybridized carbons (Fsp3) is 0.286. The molecule has 0 spiro atoms. The first kappa shape index (κ1) is 19.6. The molecule has 0 aliphatic carbocycles. The third-order valence-corrected chi connectivity index (χ3v) is 4.70. The van der Waals surface area contributed by atoms with Crippen LogP contribution in [0.4, 0.5) is 5.69 Å². The van der Waals surface area contributed by atoms with E-state index in [0.29, 0.717) is 24.6 Å². The van der Waals surface area contributed by atoms with Crippen molar-refractivity contribution >= 4 is 17.9 Å². The fourth-order valence-electron chi connectivity index (χ4n) is 3.02. The molecule has 3 rings (SSSR count). The molecular weight excluding hydrogens is 356 g/mol. The molecule has 0 atom stereocenters. The van der Waals surface area contributed by atoms with Crippen molar-refractivity contribution in [2.75, 3.05) is 20.2 Å². The predicted molar refractivity (Wildman–Crippen MR) is 108 cm³/mol. The van der Waals surface area contributed by atoms with Gasteiger partial charge < -0.3 is 20.5 Å². The number of carbonyl (C=O) groups is 1. The summed E-state index contributed by atoms with van der Waals surface area (Å²) >= 11 is 0. The number of benzene rings is 1. The second-order valence-electron chi connectivity index (χ2n) is 6.43. The van der Waals surface area contributed by atoms with Crippen LogP contribution in [0.3, 0.4) is 0 Å². The van der Waals surface area contributed by atoms with Crippen LogP contribution in [0.5, 0.6) is 5.88 Å². The minimum Gasteiger partial charge on any atom is -0.481 e. The summed E-state index contributed by atoms with van der Waals surface area (Å²) in [5.74, 6) is 0.287. The molecular formula is C21H24N4O3. The zero-order valence-corrected chi connectivity index (χ0v) is 16.1. The molecule has 1 aromatic heterocycles. The molecule has 7 nitrogen and oxygen atoms in total. The van der Waals surface area contributed by atoms with Crippen LogP contribution in [0.1, 0.15) is 27.0 Å². The van der Waals surface area contributed by atoms with Crippen molar-refractivity contribution in [1.29, 1.82) is 0 Å². The van der Waals surface area contributed by atoms with E-state index >= 15 is 0 Å². The van der Waals surface area contributed by atoms with Crippen LogP contribution in [0, 0.1) is 6.92 Å². The van der Waals surface area contributed by atoms with Gasteiger partial charge in [0.2, 0.25) is 5.88 Å². The Kier molecular flexibility index (Phi) is 6.39. The number of esters is 1. The van der Waals surface area contributed by atoms with Gasteiger partial charge in [-0.3, -0.25) is 4.99 Å². The van der Waals surface area contributed by atoms with Crippen LogP contribution in [0.25, 0.3) is 0 Å². The molecule has 2 heterocycles. The van der Waals surface area contributed by atoms with Gasteiger partial charge in [-0.1, -0.05) is 6.07 Å². The molecule has 7 heteroatoms. The van der Waals surface area contributed by atoms with E-state index in [9.17, 15) is 4.79 Å². The first-order valence-corrected chi connectivity index (χ1v) is 9.06. The minimum atomic E-state index is -0.230. The van der Waals surface area contributed by atoms with Gasteiger partial charge in [-0.15, -0.1) is 0 Å². The lowest BCUT2D eigenvalue weighted by Gasteiger charge is -2.10. The second kappa shape index (κ2) is 9.14. The monoisotopic (exact) mass is 380 g/mol. The van der Waals surface area contributed by atoms with Gasteiger partial charge in [0.25, 0.3) is 0 Å². The molecule has 1 aliphatic rings. The molecule has 3 N–H and O–H groups in total. The highest BCUT2D eigenvalue weighted by molar-refractivity contribution is 5.93. The van der Waals surface area contributed by atoms with Gasteiger partial charge in [-0.2, -0.15) is 0 Å². The van der Waals surface area contributed by atoms with Crippen molar-refractivity contribution in [3.8, 4) is 5.88 Å². The molecule has 1 aromatic carbocycles. The number of hydrogen-bond donors (Lipinski definition) is 2. The third kappa shape index (κ3) is 4.55. The first-order chi connectivity index (χ1) is 13.6. The number of hydrogen-bond acceptors (Lipinski definition) is 7. The number of aliphatic imine (C=N–C) groups is 1. The highest BCUT2D eigenvalue weighted by Crippen LogP contribution is 2.26. The SMILES string of the molecule is COc1cc(N=CC(=CN)CNCCc2ccc3c(c2C)COC3=O)ccn1. The Morgan fingerprint density at radius 1 is 1.43 bits per heavy atom. The Labute approximate surface area is 164 Å². The van der Waals surface area contributed by atoms with Crippen LogP contribution in [-0.2, 0) is 17.8 Å². The van der Waals surface area contributed by atoms with E-state index in [1.54, 1.807) is 37.9 Å². The first-order valence-electron chi connectivity index (χ1n) is 9.06. The van der Waals surface area contributed by atoms with Gasteiger partial charge >= 0.3 is 5.97 Å². The van der Waals surface area contributed by atoms with Crippen molar-refractivity contribution in [1.82, 2.24) is 10.3 Å².